The van der Waals surface area contributed by atoms with Gasteiger partial charge in [-0.15, -0.1) is 5.10 Å². The Morgan fingerprint density at radius 3 is 2.55 bits per heavy atom. The zero-order valence-electron chi connectivity index (χ0n) is 18.1. The number of rotatable bonds is 8. The second-order valence-corrected chi connectivity index (χ2v) is 9.34. The molecule has 1 saturated carbocycles. The van der Waals surface area contributed by atoms with E-state index in [9.17, 15) is 0 Å². The van der Waals surface area contributed by atoms with Gasteiger partial charge in [0.2, 0.25) is 0 Å². The van der Waals surface area contributed by atoms with Crippen LogP contribution in [0.25, 0.3) is 0 Å². The molecule has 1 aliphatic carbocycles. The molecule has 0 radical (unpaired) electrons. The van der Waals surface area contributed by atoms with Crippen molar-refractivity contribution < 1.29 is 0 Å². The van der Waals surface area contributed by atoms with Gasteiger partial charge in [-0.1, -0.05) is 37.5 Å². The molecule has 2 aromatic rings. The minimum atomic E-state index is 0.142. The number of hydrazine groups is 1. The van der Waals surface area contributed by atoms with Gasteiger partial charge in [0.1, 0.15) is 0 Å². The molecular weight excluding hydrogens is 406 g/mol. The lowest BCUT2D eigenvalue weighted by Gasteiger charge is -2.43. The number of nitrogens with zero attached hydrogens (tertiary/aromatic N) is 3. The van der Waals surface area contributed by atoms with Crippen LogP contribution in [0.4, 0.5) is 11.4 Å². The van der Waals surface area contributed by atoms with E-state index < -0.39 is 0 Å². The van der Waals surface area contributed by atoms with Gasteiger partial charge in [-0.2, -0.15) is 0 Å². The number of hydrogen-bond acceptors (Lipinski definition) is 7. The average molecular weight is 440 g/mol. The van der Waals surface area contributed by atoms with Gasteiger partial charge in [-0.25, -0.2) is 11.0 Å². The van der Waals surface area contributed by atoms with E-state index in [0.717, 1.165) is 29.2 Å². The molecule has 1 heterocycles. The Labute approximate surface area is 189 Å². The number of hydrogen-bond donors (Lipinski definition) is 4. The molecule has 0 atom stereocenters. The van der Waals surface area contributed by atoms with Crippen LogP contribution in [-0.2, 0) is 0 Å². The van der Waals surface area contributed by atoms with Gasteiger partial charge in [-0.3, -0.25) is 4.72 Å². The van der Waals surface area contributed by atoms with Crippen molar-refractivity contribution in [3.63, 3.8) is 0 Å². The predicted octanol–water partition coefficient (Wildman–Crippen LogP) is 3.34. The first-order valence-electron chi connectivity index (χ1n) is 11.1. The minimum absolute atomic E-state index is 0.142. The van der Waals surface area contributed by atoms with Gasteiger partial charge in [0, 0.05) is 41.0 Å². The second-order valence-electron chi connectivity index (χ2n) is 8.25. The maximum atomic E-state index is 6.47. The first-order valence-corrected chi connectivity index (χ1v) is 11.9. The molecule has 31 heavy (non-hydrogen) atoms. The largest absolute Gasteiger partial charge is 0.382 e. The van der Waals surface area contributed by atoms with E-state index in [1.165, 1.54) is 42.9 Å². The summed E-state index contributed by atoms with van der Waals surface area (Å²) in [7, 11) is 1.91. The van der Waals surface area contributed by atoms with Crippen LogP contribution >= 0.6 is 11.9 Å². The normalized spacial score (nSPS) is 18.0. The Kier molecular flexibility index (Phi) is 7.21. The van der Waals surface area contributed by atoms with Crippen molar-refractivity contribution in [3.8, 4) is 0 Å². The van der Waals surface area contributed by atoms with Crippen molar-refractivity contribution in [1.29, 1.82) is 0 Å². The first kappa shape index (κ1) is 21.8. The van der Waals surface area contributed by atoms with E-state index >= 15 is 0 Å². The van der Waals surface area contributed by atoms with E-state index in [1.807, 2.05) is 13.1 Å². The van der Waals surface area contributed by atoms with Crippen molar-refractivity contribution in [2.45, 2.75) is 49.1 Å². The van der Waals surface area contributed by atoms with Crippen molar-refractivity contribution in [2.75, 3.05) is 30.4 Å². The average Bonchev–Trinajstić information content (AvgIpc) is 2.75. The molecule has 0 aromatic heterocycles. The molecule has 2 fully saturated rings. The van der Waals surface area contributed by atoms with Gasteiger partial charge in [0.25, 0.3) is 0 Å². The fourth-order valence-corrected chi connectivity index (χ4v) is 4.79. The summed E-state index contributed by atoms with van der Waals surface area (Å²) in [5.41, 5.74) is 9.61. The van der Waals surface area contributed by atoms with E-state index in [-0.39, 0.29) is 6.04 Å². The highest BCUT2D eigenvalue weighted by Gasteiger charge is 2.31. The summed E-state index contributed by atoms with van der Waals surface area (Å²) in [6.07, 6.45) is 6.28. The standard InChI is InChI=1S/C23H33N7S/c1-26-31-20-12-13-22(27-17-8-4-2-5-9-17)21(14-20)23(24)28-30(25)19-15-29(16-19)18-10-6-3-7-11-18/h3,6-7,10-14,17,19,26-27H,2,4-5,8-9,15-16,25H2,1H3,(H2,24,28). The number of nitrogens with one attached hydrogen (secondary N) is 2. The zero-order chi connectivity index (χ0) is 21.6. The van der Waals surface area contributed by atoms with Crippen LogP contribution in [0.15, 0.2) is 58.5 Å². The van der Waals surface area contributed by atoms with Gasteiger partial charge < -0.3 is 16.0 Å². The number of para-hydroxylation sites is 1. The summed E-state index contributed by atoms with van der Waals surface area (Å²) >= 11 is 1.56. The molecule has 166 valence electrons. The molecule has 1 aliphatic heterocycles. The number of benzene rings is 2. The van der Waals surface area contributed by atoms with Gasteiger partial charge in [0.15, 0.2) is 5.84 Å². The Bertz CT molecular complexity index is 877. The Morgan fingerprint density at radius 1 is 1.10 bits per heavy atom. The zero-order valence-corrected chi connectivity index (χ0v) is 18.9. The van der Waals surface area contributed by atoms with Crippen molar-refractivity contribution in [1.82, 2.24) is 9.84 Å². The van der Waals surface area contributed by atoms with Crippen molar-refractivity contribution >= 4 is 29.2 Å². The lowest BCUT2D eigenvalue weighted by Crippen LogP contribution is -2.60. The fourth-order valence-electron chi connectivity index (χ4n) is 4.24. The third-order valence-electron chi connectivity index (χ3n) is 6.03. The fraction of sp³-hybridized carbons (Fsp3) is 0.435. The Hall–Kier alpha value is -2.42. The maximum absolute atomic E-state index is 6.47. The molecule has 2 aromatic carbocycles. The van der Waals surface area contributed by atoms with Crippen LogP contribution in [0.3, 0.4) is 0 Å². The SMILES string of the molecule is CNSc1ccc(NC2CCCCC2)c(/C(N)=N/N(N)C2CN(c3ccccc3)C2)c1. The summed E-state index contributed by atoms with van der Waals surface area (Å²) in [4.78, 5) is 3.38. The van der Waals surface area contributed by atoms with Crippen LogP contribution in [0.5, 0.6) is 0 Å². The Balaban J connectivity index is 1.47. The van der Waals surface area contributed by atoms with Crippen LogP contribution in [0.2, 0.25) is 0 Å². The molecule has 0 spiro atoms. The van der Waals surface area contributed by atoms with E-state index in [4.69, 9.17) is 11.6 Å². The quantitative estimate of drug-likeness (QED) is 0.165. The van der Waals surface area contributed by atoms with Gasteiger partial charge in [0.05, 0.1) is 6.04 Å². The molecule has 6 N–H and O–H groups in total. The molecule has 2 aliphatic rings. The van der Waals surface area contributed by atoms with Crippen LogP contribution in [0.1, 0.15) is 37.7 Å². The Morgan fingerprint density at radius 2 is 1.84 bits per heavy atom. The topological polar surface area (TPSA) is 94.9 Å². The molecule has 7 nitrogen and oxygen atoms in total. The number of amidine groups is 1. The first-order chi connectivity index (χ1) is 15.1. The second kappa shape index (κ2) is 10.3. The van der Waals surface area contributed by atoms with E-state index in [0.29, 0.717) is 11.9 Å². The van der Waals surface area contributed by atoms with Crippen LogP contribution < -0.4 is 26.5 Å². The molecule has 0 amide bonds. The third-order valence-corrected chi connectivity index (χ3v) is 6.73. The van der Waals surface area contributed by atoms with Gasteiger partial charge in [-0.05, 0) is 62.2 Å². The van der Waals surface area contributed by atoms with Gasteiger partial charge >= 0.3 is 0 Å². The maximum Gasteiger partial charge on any atom is 0.154 e. The lowest BCUT2D eigenvalue weighted by atomic mass is 9.95. The predicted molar refractivity (Wildman–Crippen MR) is 131 cm³/mol. The highest BCUT2D eigenvalue weighted by atomic mass is 32.2. The number of anilines is 2. The molecule has 8 heteroatoms. The van der Waals surface area contributed by atoms with E-state index in [1.54, 1.807) is 11.9 Å². The lowest BCUT2D eigenvalue weighted by molar-refractivity contribution is 0.176. The van der Waals surface area contributed by atoms with Crippen molar-refractivity contribution in [3.05, 3.63) is 54.1 Å². The summed E-state index contributed by atoms with van der Waals surface area (Å²) in [5.74, 6) is 6.73. The summed E-state index contributed by atoms with van der Waals surface area (Å²) < 4.78 is 3.12. The molecule has 4 rings (SSSR count). The highest BCUT2D eigenvalue weighted by molar-refractivity contribution is 7.97. The van der Waals surface area contributed by atoms with Crippen molar-refractivity contribution in [2.24, 2.45) is 16.7 Å². The van der Waals surface area contributed by atoms with Crippen LogP contribution in [0, 0.1) is 0 Å². The summed E-state index contributed by atoms with van der Waals surface area (Å²) in [6.45, 7) is 1.67. The molecule has 1 saturated heterocycles. The highest BCUT2D eigenvalue weighted by Crippen LogP contribution is 2.28. The summed E-state index contributed by atoms with van der Waals surface area (Å²) in [6, 6.07) is 17.3. The summed E-state index contributed by atoms with van der Waals surface area (Å²) in [5, 5.41) is 9.79. The smallest absolute Gasteiger partial charge is 0.154 e. The molecule has 0 unspecified atom stereocenters. The monoisotopic (exact) mass is 439 g/mol. The van der Waals surface area contributed by atoms with E-state index in [2.05, 4.69) is 62.5 Å². The van der Waals surface area contributed by atoms with Crippen LogP contribution in [-0.4, -0.2) is 43.2 Å². The number of nitrogens with two attached hydrogens (primary N) is 2. The number of hydrazone groups is 1. The molecular formula is C23H33N7S. The molecule has 0 bridgehead atoms. The minimum Gasteiger partial charge on any atom is -0.382 e. The third kappa shape index (κ3) is 5.44.